The number of nitrogens with two attached hydrogens (primary N) is 1. The van der Waals surface area contributed by atoms with Crippen LogP contribution < -0.4 is 10.5 Å². The Hall–Kier alpha value is -2.56. The van der Waals surface area contributed by atoms with Gasteiger partial charge in [0.15, 0.2) is 0 Å². The van der Waals surface area contributed by atoms with Crippen molar-refractivity contribution in [1.29, 1.82) is 0 Å². The molecule has 0 spiro atoms. The third-order valence-corrected chi connectivity index (χ3v) is 3.16. The first-order valence-electron chi connectivity index (χ1n) is 6.45. The molecule has 2 N–H and O–H groups in total. The van der Waals surface area contributed by atoms with Crippen LogP contribution >= 0.6 is 0 Å². The maximum Gasteiger partial charge on any atom is 0.260 e. The molecule has 2 aromatic carbocycles. The van der Waals surface area contributed by atoms with Gasteiger partial charge in [0.25, 0.3) is 5.91 Å². The summed E-state index contributed by atoms with van der Waals surface area (Å²) in [5.74, 6) is -0.797. The Balaban J connectivity index is 2.21. The molecule has 0 unspecified atom stereocenters. The van der Waals surface area contributed by atoms with Gasteiger partial charge in [-0.3, -0.25) is 4.79 Å². The predicted octanol–water partition coefficient (Wildman–Crippen LogP) is 2.69. The molecule has 0 radical (unpaired) electrons. The van der Waals surface area contributed by atoms with E-state index in [1.165, 1.54) is 24.1 Å². The van der Waals surface area contributed by atoms with E-state index < -0.39 is 11.7 Å². The Morgan fingerprint density at radius 2 is 1.90 bits per heavy atom. The van der Waals surface area contributed by atoms with E-state index in [-0.39, 0.29) is 11.3 Å². The second-order valence-electron chi connectivity index (χ2n) is 4.72. The zero-order valence-corrected chi connectivity index (χ0v) is 12.0. The van der Waals surface area contributed by atoms with E-state index in [1.54, 1.807) is 25.2 Å². The highest BCUT2D eigenvalue weighted by Gasteiger charge is 2.21. The zero-order valence-electron chi connectivity index (χ0n) is 12.0. The van der Waals surface area contributed by atoms with Gasteiger partial charge in [-0.25, -0.2) is 4.39 Å². The molecule has 2 rings (SSSR count). The molecule has 0 bridgehead atoms. The number of carbonyl (C=O) groups excluding carboxylic acids is 1. The molecule has 0 aromatic heterocycles. The van der Waals surface area contributed by atoms with E-state index in [1.807, 2.05) is 12.1 Å². The first-order chi connectivity index (χ1) is 10.0. The van der Waals surface area contributed by atoms with Crippen molar-refractivity contribution in [1.82, 2.24) is 4.90 Å². The molecule has 0 saturated carbocycles. The fraction of sp³-hybridized carbons (Fsp3) is 0.188. The van der Waals surface area contributed by atoms with Gasteiger partial charge in [-0.1, -0.05) is 18.2 Å². The Labute approximate surface area is 122 Å². The molecule has 0 saturated heterocycles. The number of methoxy groups -OCH3 is 1. The van der Waals surface area contributed by atoms with Crippen molar-refractivity contribution in [2.24, 2.45) is 0 Å². The number of halogens is 1. The molecule has 2 aromatic rings. The molecule has 0 atom stereocenters. The van der Waals surface area contributed by atoms with Crippen LogP contribution in [0.4, 0.5) is 10.1 Å². The van der Waals surface area contributed by atoms with Gasteiger partial charge in [0, 0.05) is 19.3 Å². The smallest absolute Gasteiger partial charge is 0.260 e. The first kappa shape index (κ1) is 14.8. The lowest BCUT2D eigenvalue weighted by molar-refractivity contribution is 0.0777. The van der Waals surface area contributed by atoms with Crippen molar-refractivity contribution in [3.8, 4) is 5.75 Å². The van der Waals surface area contributed by atoms with Crippen LogP contribution in [0.3, 0.4) is 0 Å². The van der Waals surface area contributed by atoms with Gasteiger partial charge in [0.2, 0.25) is 0 Å². The lowest BCUT2D eigenvalue weighted by Gasteiger charge is -2.19. The fourth-order valence-electron chi connectivity index (χ4n) is 2.04. The van der Waals surface area contributed by atoms with E-state index in [0.717, 1.165) is 5.56 Å². The average molecular weight is 288 g/mol. The molecule has 0 aliphatic carbocycles. The van der Waals surface area contributed by atoms with Crippen LogP contribution in [-0.4, -0.2) is 25.0 Å². The maximum atomic E-state index is 13.9. The summed E-state index contributed by atoms with van der Waals surface area (Å²) >= 11 is 0. The van der Waals surface area contributed by atoms with Crippen molar-refractivity contribution >= 4 is 11.6 Å². The SMILES string of the molecule is COc1cccc(F)c1C(=O)N(C)Cc1ccc(N)cc1. The standard InChI is InChI=1S/C16H17FN2O2/c1-19(10-11-6-8-12(18)9-7-11)16(20)15-13(17)4-3-5-14(15)21-2/h3-9H,10,18H2,1-2H3. The Kier molecular flexibility index (Phi) is 4.42. The number of carbonyl (C=O) groups is 1. The molecule has 21 heavy (non-hydrogen) atoms. The minimum Gasteiger partial charge on any atom is -0.496 e. The summed E-state index contributed by atoms with van der Waals surface area (Å²) in [6, 6.07) is 11.5. The van der Waals surface area contributed by atoms with Gasteiger partial charge in [-0.05, 0) is 29.8 Å². The number of benzene rings is 2. The lowest BCUT2D eigenvalue weighted by atomic mass is 10.1. The van der Waals surface area contributed by atoms with E-state index >= 15 is 0 Å². The third kappa shape index (κ3) is 3.31. The van der Waals surface area contributed by atoms with Crippen molar-refractivity contribution in [3.63, 3.8) is 0 Å². The van der Waals surface area contributed by atoms with E-state index in [2.05, 4.69) is 0 Å². The van der Waals surface area contributed by atoms with Gasteiger partial charge in [-0.2, -0.15) is 0 Å². The molecule has 4 nitrogen and oxygen atoms in total. The molecule has 0 heterocycles. The molecule has 5 heteroatoms. The van der Waals surface area contributed by atoms with Gasteiger partial charge < -0.3 is 15.4 Å². The van der Waals surface area contributed by atoms with E-state index in [9.17, 15) is 9.18 Å². The third-order valence-electron chi connectivity index (χ3n) is 3.16. The van der Waals surface area contributed by atoms with Crippen LogP contribution in [0.1, 0.15) is 15.9 Å². The molecule has 110 valence electrons. The number of amides is 1. The number of hydrogen-bond acceptors (Lipinski definition) is 3. The van der Waals surface area contributed by atoms with Gasteiger partial charge in [-0.15, -0.1) is 0 Å². The second-order valence-corrected chi connectivity index (χ2v) is 4.72. The highest BCUT2D eigenvalue weighted by molar-refractivity contribution is 5.97. The minimum absolute atomic E-state index is 0.0575. The quantitative estimate of drug-likeness (QED) is 0.880. The summed E-state index contributed by atoms with van der Waals surface area (Å²) in [4.78, 5) is 13.8. The predicted molar refractivity (Wildman–Crippen MR) is 79.6 cm³/mol. The Morgan fingerprint density at radius 1 is 1.24 bits per heavy atom. The van der Waals surface area contributed by atoms with Crippen molar-refractivity contribution in [2.75, 3.05) is 19.9 Å². The minimum atomic E-state index is -0.594. The van der Waals surface area contributed by atoms with Crippen molar-refractivity contribution < 1.29 is 13.9 Å². The van der Waals surface area contributed by atoms with Gasteiger partial charge in [0.05, 0.1) is 7.11 Å². The maximum absolute atomic E-state index is 13.9. The van der Waals surface area contributed by atoms with Gasteiger partial charge >= 0.3 is 0 Å². The van der Waals surface area contributed by atoms with E-state index in [4.69, 9.17) is 10.5 Å². The molecule has 0 aliphatic heterocycles. The zero-order chi connectivity index (χ0) is 15.4. The van der Waals surface area contributed by atoms with Crippen LogP contribution in [0.15, 0.2) is 42.5 Å². The first-order valence-corrected chi connectivity index (χ1v) is 6.45. The number of nitrogens with zero attached hydrogens (tertiary/aromatic N) is 1. The highest BCUT2D eigenvalue weighted by atomic mass is 19.1. The van der Waals surface area contributed by atoms with Crippen LogP contribution in [0.5, 0.6) is 5.75 Å². The van der Waals surface area contributed by atoms with Crippen LogP contribution in [0, 0.1) is 5.82 Å². The van der Waals surface area contributed by atoms with Gasteiger partial charge in [0.1, 0.15) is 17.1 Å². The monoisotopic (exact) mass is 288 g/mol. The fourth-order valence-corrected chi connectivity index (χ4v) is 2.04. The van der Waals surface area contributed by atoms with Crippen molar-refractivity contribution in [3.05, 3.63) is 59.4 Å². The summed E-state index contributed by atoms with van der Waals surface area (Å²) in [6.07, 6.45) is 0. The summed E-state index contributed by atoms with van der Waals surface area (Å²) in [5.41, 5.74) is 7.13. The number of ether oxygens (including phenoxy) is 1. The number of hydrogen-bond donors (Lipinski definition) is 1. The number of rotatable bonds is 4. The topological polar surface area (TPSA) is 55.6 Å². The normalized spacial score (nSPS) is 10.2. The number of anilines is 1. The largest absolute Gasteiger partial charge is 0.496 e. The van der Waals surface area contributed by atoms with Crippen LogP contribution in [-0.2, 0) is 6.54 Å². The molecular weight excluding hydrogens is 271 g/mol. The molecular formula is C16H17FN2O2. The average Bonchev–Trinajstić information content (AvgIpc) is 2.48. The molecule has 0 fully saturated rings. The summed E-state index contributed by atoms with van der Waals surface area (Å²) in [5, 5.41) is 0. The Bertz CT molecular complexity index is 641. The lowest BCUT2D eigenvalue weighted by Crippen LogP contribution is -2.27. The summed E-state index contributed by atoms with van der Waals surface area (Å²) in [6.45, 7) is 0.358. The Morgan fingerprint density at radius 3 is 2.52 bits per heavy atom. The van der Waals surface area contributed by atoms with Crippen LogP contribution in [0.25, 0.3) is 0 Å². The summed E-state index contributed by atoms with van der Waals surface area (Å²) in [7, 11) is 3.02. The van der Waals surface area contributed by atoms with E-state index in [0.29, 0.717) is 12.2 Å². The van der Waals surface area contributed by atoms with Crippen LogP contribution in [0.2, 0.25) is 0 Å². The molecule has 1 amide bonds. The second kappa shape index (κ2) is 6.26. The highest BCUT2D eigenvalue weighted by Crippen LogP contribution is 2.23. The molecule has 0 aliphatic rings. The van der Waals surface area contributed by atoms with Crippen molar-refractivity contribution in [2.45, 2.75) is 6.54 Å². The summed E-state index contributed by atoms with van der Waals surface area (Å²) < 4.78 is 19.0. The number of nitrogen functional groups attached to an aromatic ring is 1.